The molecule has 4 saturated carbocycles. The van der Waals surface area contributed by atoms with Crippen LogP contribution in [-0.2, 0) is 4.74 Å². The largest absolute Gasteiger partial charge is 0.459 e. The fourth-order valence-corrected chi connectivity index (χ4v) is 7.70. The summed E-state index contributed by atoms with van der Waals surface area (Å²) < 4.78 is 5.82. The highest BCUT2D eigenvalue weighted by Crippen LogP contribution is 2.68. The summed E-state index contributed by atoms with van der Waals surface area (Å²) in [6.07, 6.45) is 15.1. The highest BCUT2D eigenvalue weighted by molar-refractivity contribution is 5.89. The van der Waals surface area contributed by atoms with Crippen LogP contribution >= 0.6 is 0 Å². The second-order valence-electron chi connectivity index (χ2n) is 9.90. The summed E-state index contributed by atoms with van der Waals surface area (Å²) in [6.45, 7) is 0. The number of rotatable bonds is 3. The van der Waals surface area contributed by atoms with E-state index in [0.717, 1.165) is 53.9 Å². The molecule has 4 fully saturated rings. The Hall–Kier alpha value is -1.57. The van der Waals surface area contributed by atoms with Gasteiger partial charge in [-0.1, -0.05) is 30.7 Å². The molecule has 7 unspecified atom stereocenters. The molecular weight excluding hydrogens is 332 g/mol. The van der Waals surface area contributed by atoms with Gasteiger partial charge in [0.2, 0.25) is 0 Å². The quantitative estimate of drug-likeness (QED) is 0.389. The van der Waals surface area contributed by atoms with Crippen molar-refractivity contribution in [3.63, 3.8) is 0 Å². The van der Waals surface area contributed by atoms with Crippen molar-refractivity contribution >= 4 is 5.97 Å². The first kappa shape index (κ1) is 16.4. The molecule has 0 N–H and O–H groups in total. The third kappa shape index (κ3) is 2.55. The number of hydrogen-bond acceptors (Lipinski definition) is 2. The molecule has 6 rings (SSSR count). The maximum Gasteiger partial charge on any atom is 0.338 e. The molecular formula is C25H30O2. The minimum atomic E-state index is -0.104. The lowest BCUT2D eigenvalue weighted by Gasteiger charge is -2.37. The number of carbonyl (C=O) groups is 1. The normalized spacial score (nSPS) is 41.9. The average Bonchev–Trinajstić information content (AvgIpc) is 3.48. The van der Waals surface area contributed by atoms with E-state index in [0.29, 0.717) is 5.92 Å². The SMILES string of the molecule is O=C(OC1CCCCC1)c1cccc(C2CC3CC2C2C4C=CC(C4)C32)c1. The third-order valence-corrected chi connectivity index (χ3v) is 8.65. The zero-order chi connectivity index (χ0) is 18.0. The predicted molar refractivity (Wildman–Crippen MR) is 105 cm³/mol. The molecule has 4 bridgehead atoms. The molecule has 0 amide bonds. The van der Waals surface area contributed by atoms with Gasteiger partial charge in [0.15, 0.2) is 0 Å². The fourth-order valence-electron chi connectivity index (χ4n) is 7.70. The van der Waals surface area contributed by atoms with E-state index in [9.17, 15) is 4.79 Å². The number of carbonyl (C=O) groups excluding carboxylic acids is 1. The highest BCUT2D eigenvalue weighted by atomic mass is 16.5. The monoisotopic (exact) mass is 362 g/mol. The van der Waals surface area contributed by atoms with Crippen LogP contribution in [0.25, 0.3) is 0 Å². The Morgan fingerprint density at radius 3 is 2.59 bits per heavy atom. The van der Waals surface area contributed by atoms with Crippen LogP contribution in [0.15, 0.2) is 36.4 Å². The molecule has 0 saturated heterocycles. The summed E-state index contributed by atoms with van der Waals surface area (Å²) in [5.41, 5.74) is 2.16. The van der Waals surface area contributed by atoms with Gasteiger partial charge in [-0.3, -0.25) is 0 Å². The number of hydrogen-bond donors (Lipinski definition) is 0. The number of esters is 1. The summed E-state index contributed by atoms with van der Waals surface area (Å²) in [6, 6.07) is 8.46. The molecule has 5 aliphatic rings. The van der Waals surface area contributed by atoms with Crippen LogP contribution in [-0.4, -0.2) is 12.1 Å². The van der Waals surface area contributed by atoms with Gasteiger partial charge in [0.25, 0.3) is 0 Å². The Balaban J connectivity index is 1.20. The lowest BCUT2D eigenvalue weighted by atomic mass is 9.68. The van der Waals surface area contributed by atoms with Crippen molar-refractivity contribution in [1.29, 1.82) is 0 Å². The summed E-state index contributed by atoms with van der Waals surface area (Å²) >= 11 is 0. The van der Waals surface area contributed by atoms with E-state index in [2.05, 4.69) is 30.4 Å². The van der Waals surface area contributed by atoms with Gasteiger partial charge < -0.3 is 4.74 Å². The Bertz CT molecular complexity index is 774. The summed E-state index contributed by atoms with van der Waals surface area (Å²) in [4.78, 5) is 12.7. The van der Waals surface area contributed by atoms with Crippen LogP contribution in [0.5, 0.6) is 0 Å². The molecule has 7 atom stereocenters. The molecule has 0 aliphatic heterocycles. The van der Waals surface area contributed by atoms with Crippen LogP contribution in [0, 0.1) is 35.5 Å². The van der Waals surface area contributed by atoms with Gasteiger partial charge in [-0.05, 0) is 104 Å². The molecule has 0 spiro atoms. The van der Waals surface area contributed by atoms with Crippen molar-refractivity contribution in [2.45, 2.75) is 63.4 Å². The maximum absolute atomic E-state index is 12.7. The Morgan fingerprint density at radius 1 is 0.926 bits per heavy atom. The standard InChI is InChI=1S/C25H30O2/c26-25(27-20-7-2-1-3-8-20)18-6-4-5-15(11-18)21-13-19-14-22(21)24-17-10-9-16(12-17)23(19)24/h4-6,9-11,16-17,19-24H,1-3,7-8,12-14H2. The molecule has 0 radical (unpaired) electrons. The molecule has 0 aromatic heterocycles. The van der Waals surface area contributed by atoms with Gasteiger partial charge in [0.05, 0.1) is 5.56 Å². The van der Waals surface area contributed by atoms with Crippen molar-refractivity contribution in [2.24, 2.45) is 35.5 Å². The lowest BCUT2D eigenvalue weighted by molar-refractivity contribution is 0.0211. The van der Waals surface area contributed by atoms with Gasteiger partial charge >= 0.3 is 5.97 Å². The minimum Gasteiger partial charge on any atom is -0.459 e. The molecule has 1 aromatic rings. The fraction of sp³-hybridized carbons (Fsp3) is 0.640. The number of ether oxygens (including phenoxy) is 1. The van der Waals surface area contributed by atoms with Crippen LogP contribution in [0.3, 0.4) is 0 Å². The molecule has 1 aromatic carbocycles. The summed E-state index contributed by atoms with van der Waals surface area (Å²) in [5.74, 6) is 5.93. The van der Waals surface area contributed by atoms with Gasteiger partial charge in [0, 0.05) is 0 Å². The zero-order valence-electron chi connectivity index (χ0n) is 16.1. The Labute approximate surface area is 162 Å². The van der Waals surface area contributed by atoms with E-state index < -0.39 is 0 Å². The molecule has 0 heterocycles. The van der Waals surface area contributed by atoms with E-state index in [-0.39, 0.29) is 12.1 Å². The Kier molecular flexibility index (Phi) is 3.78. The molecule has 142 valence electrons. The number of benzene rings is 1. The molecule has 5 aliphatic carbocycles. The lowest BCUT2D eigenvalue weighted by Crippen LogP contribution is -2.30. The van der Waals surface area contributed by atoms with Crippen molar-refractivity contribution in [3.05, 3.63) is 47.5 Å². The van der Waals surface area contributed by atoms with Gasteiger partial charge in [-0.25, -0.2) is 4.79 Å². The average molecular weight is 363 g/mol. The first-order chi connectivity index (χ1) is 13.3. The van der Waals surface area contributed by atoms with Crippen molar-refractivity contribution in [3.8, 4) is 0 Å². The van der Waals surface area contributed by atoms with Crippen LogP contribution in [0.4, 0.5) is 0 Å². The van der Waals surface area contributed by atoms with E-state index in [1.807, 2.05) is 6.07 Å². The second-order valence-corrected chi connectivity index (χ2v) is 9.90. The molecule has 27 heavy (non-hydrogen) atoms. The van der Waals surface area contributed by atoms with E-state index in [4.69, 9.17) is 4.74 Å². The van der Waals surface area contributed by atoms with E-state index in [1.54, 1.807) is 0 Å². The van der Waals surface area contributed by atoms with Gasteiger partial charge in [0.1, 0.15) is 6.10 Å². The van der Waals surface area contributed by atoms with E-state index in [1.165, 1.54) is 44.1 Å². The van der Waals surface area contributed by atoms with Crippen LogP contribution in [0.1, 0.15) is 73.2 Å². The molecule has 2 nitrogen and oxygen atoms in total. The first-order valence-electron chi connectivity index (χ1n) is 11.3. The number of allylic oxidation sites excluding steroid dienone is 2. The minimum absolute atomic E-state index is 0.104. The maximum atomic E-state index is 12.7. The number of fused-ring (bicyclic) bond motifs is 9. The van der Waals surface area contributed by atoms with Crippen molar-refractivity contribution in [2.75, 3.05) is 0 Å². The Morgan fingerprint density at radius 2 is 1.74 bits per heavy atom. The zero-order valence-corrected chi connectivity index (χ0v) is 16.1. The van der Waals surface area contributed by atoms with Crippen molar-refractivity contribution < 1.29 is 9.53 Å². The predicted octanol–water partition coefficient (Wildman–Crippen LogP) is 5.74. The van der Waals surface area contributed by atoms with E-state index >= 15 is 0 Å². The summed E-state index contributed by atoms with van der Waals surface area (Å²) in [7, 11) is 0. The molecule has 2 heteroatoms. The second kappa shape index (κ2) is 6.22. The highest BCUT2D eigenvalue weighted by Gasteiger charge is 2.60. The van der Waals surface area contributed by atoms with Crippen LogP contribution in [0.2, 0.25) is 0 Å². The topological polar surface area (TPSA) is 26.3 Å². The van der Waals surface area contributed by atoms with Crippen LogP contribution < -0.4 is 0 Å². The third-order valence-electron chi connectivity index (χ3n) is 8.65. The first-order valence-corrected chi connectivity index (χ1v) is 11.3. The van der Waals surface area contributed by atoms with Gasteiger partial charge in [-0.2, -0.15) is 0 Å². The smallest absolute Gasteiger partial charge is 0.338 e. The van der Waals surface area contributed by atoms with Crippen molar-refractivity contribution in [1.82, 2.24) is 0 Å². The van der Waals surface area contributed by atoms with Gasteiger partial charge in [-0.15, -0.1) is 0 Å². The summed E-state index contributed by atoms with van der Waals surface area (Å²) in [5, 5.41) is 0.